The smallest absolute Gasteiger partial charge is 0.224 e. The van der Waals surface area contributed by atoms with Crippen LogP contribution in [-0.4, -0.2) is 75.8 Å². The Morgan fingerprint density at radius 2 is 1.79 bits per heavy atom. The Morgan fingerprint density at radius 3 is 2.40 bits per heavy atom. The van der Waals surface area contributed by atoms with Gasteiger partial charge in [0.1, 0.15) is 0 Å². The molecule has 2 aromatic rings. The number of hydrogen-bond donors (Lipinski definition) is 5. The monoisotopic (exact) mass is 618 g/mol. The molecule has 242 valence electrons. The number of nitrogens with zero attached hydrogens (tertiary/aromatic N) is 1. The van der Waals surface area contributed by atoms with Gasteiger partial charge in [-0.15, -0.1) is 0 Å². The standard InChI is InChI=1S/C33H54N4O5S/c1-5-12-30(38)31(39)29(18-25-15-10-7-11-16-25)35-21-28(19-27-20-34-23-36-27)37-32(40)26(17-24-13-8-6-9-14-24)22-43(41,42)33(2,3)4/h6,8-9,13-14,20,23,25-26,28-31,35,38-39H,5,7,10-12,15-19,21-22H2,1-4H3,(H,34,36)(H,37,40)/t26-,28+,29+,30+,31-/m1/s1. The van der Waals surface area contributed by atoms with Crippen molar-refractivity contribution in [2.75, 3.05) is 12.3 Å². The van der Waals surface area contributed by atoms with Crippen molar-refractivity contribution < 1.29 is 23.4 Å². The molecule has 0 spiro atoms. The molecule has 0 unspecified atom stereocenters. The summed E-state index contributed by atoms with van der Waals surface area (Å²) in [4.78, 5) is 21.1. The molecule has 1 aliphatic carbocycles. The van der Waals surface area contributed by atoms with E-state index in [1.54, 1.807) is 33.3 Å². The Hall–Kier alpha value is -2.27. The number of benzene rings is 1. The molecule has 0 bridgehead atoms. The van der Waals surface area contributed by atoms with Crippen molar-refractivity contribution >= 4 is 15.7 Å². The van der Waals surface area contributed by atoms with E-state index in [-0.39, 0.29) is 17.7 Å². The first-order valence-corrected chi connectivity index (χ1v) is 17.7. The lowest BCUT2D eigenvalue weighted by Gasteiger charge is -2.33. The van der Waals surface area contributed by atoms with Gasteiger partial charge < -0.3 is 25.8 Å². The molecule has 1 amide bonds. The van der Waals surface area contributed by atoms with E-state index in [1.165, 1.54) is 19.3 Å². The maximum atomic E-state index is 13.9. The number of aromatic nitrogens is 2. The van der Waals surface area contributed by atoms with Crippen molar-refractivity contribution in [1.29, 1.82) is 0 Å². The molecule has 1 fully saturated rings. The second-order valence-corrected chi connectivity index (χ2v) is 16.2. The maximum Gasteiger partial charge on any atom is 0.224 e. The fraction of sp³-hybridized carbons (Fsp3) is 0.697. The number of imidazole rings is 1. The first-order chi connectivity index (χ1) is 20.4. The lowest BCUT2D eigenvalue weighted by molar-refractivity contribution is -0.125. The Balaban J connectivity index is 1.80. The van der Waals surface area contributed by atoms with Gasteiger partial charge in [0, 0.05) is 36.9 Å². The van der Waals surface area contributed by atoms with E-state index in [1.807, 2.05) is 37.3 Å². The zero-order valence-corrected chi connectivity index (χ0v) is 27.3. The average Bonchev–Trinajstić information content (AvgIpc) is 3.48. The number of sulfone groups is 1. The topological polar surface area (TPSA) is 144 Å². The number of aliphatic hydroxyl groups excluding tert-OH is 2. The van der Waals surface area contributed by atoms with Crippen molar-refractivity contribution in [2.24, 2.45) is 11.8 Å². The van der Waals surface area contributed by atoms with Crippen LogP contribution >= 0.6 is 0 Å². The summed E-state index contributed by atoms with van der Waals surface area (Å²) in [5, 5.41) is 28.5. The summed E-state index contributed by atoms with van der Waals surface area (Å²) >= 11 is 0. The lowest BCUT2D eigenvalue weighted by atomic mass is 9.82. The van der Waals surface area contributed by atoms with Crippen molar-refractivity contribution in [3.63, 3.8) is 0 Å². The molecule has 1 aliphatic rings. The van der Waals surface area contributed by atoms with Gasteiger partial charge in [0.2, 0.25) is 5.91 Å². The average molecular weight is 619 g/mol. The van der Waals surface area contributed by atoms with Crippen molar-refractivity contribution in [1.82, 2.24) is 20.6 Å². The van der Waals surface area contributed by atoms with Gasteiger partial charge in [0.25, 0.3) is 0 Å². The molecule has 5 N–H and O–H groups in total. The van der Waals surface area contributed by atoms with Crippen LogP contribution in [0.25, 0.3) is 0 Å². The molecule has 1 saturated carbocycles. The predicted molar refractivity (Wildman–Crippen MR) is 171 cm³/mol. The molecule has 0 saturated heterocycles. The van der Waals surface area contributed by atoms with Crippen LogP contribution < -0.4 is 10.6 Å². The van der Waals surface area contributed by atoms with Crippen LogP contribution in [0.5, 0.6) is 0 Å². The van der Waals surface area contributed by atoms with Gasteiger partial charge in [-0.1, -0.05) is 75.8 Å². The number of aliphatic hydroxyl groups is 2. The highest BCUT2D eigenvalue weighted by molar-refractivity contribution is 7.92. The van der Waals surface area contributed by atoms with Crippen molar-refractivity contribution in [3.05, 3.63) is 54.1 Å². The number of rotatable bonds is 17. The third-order valence-corrected chi connectivity index (χ3v) is 11.5. The molecule has 1 heterocycles. The summed E-state index contributed by atoms with van der Waals surface area (Å²) in [6, 6.07) is 8.77. The minimum Gasteiger partial charge on any atom is -0.390 e. The quantitative estimate of drug-likeness (QED) is 0.181. The van der Waals surface area contributed by atoms with Crippen LogP contribution in [0.3, 0.4) is 0 Å². The summed E-state index contributed by atoms with van der Waals surface area (Å²) in [7, 11) is -3.57. The largest absolute Gasteiger partial charge is 0.390 e. The predicted octanol–water partition coefficient (Wildman–Crippen LogP) is 3.96. The van der Waals surface area contributed by atoms with Gasteiger partial charge in [0.05, 0.1) is 35.0 Å². The zero-order valence-electron chi connectivity index (χ0n) is 26.5. The first kappa shape index (κ1) is 35.2. The van der Waals surface area contributed by atoms with Gasteiger partial charge in [-0.3, -0.25) is 4.79 Å². The Bertz CT molecular complexity index is 1180. The van der Waals surface area contributed by atoms with E-state index in [0.717, 1.165) is 36.9 Å². The van der Waals surface area contributed by atoms with Crippen molar-refractivity contribution in [2.45, 2.75) is 121 Å². The first-order valence-electron chi connectivity index (χ1n) is 16.0. The lowest BCUT2D eigenvalue weighted by Crippen LogP contribution is -2.53. The van der Waals surface area contributed by atoms with Gasteiger partial charge >= 0.3 is 0 Å². The number of amides is 1. The van der Waals surface area contributed by atoms with E-state index in [4.69, 9.17) is 0 Å². The third kappa shape index (κ3) is 11.3. The summed E-state index contributed by atoms with van der Waals surface area (Å²) in [6.07, 6.45) is 10.2. The summed E-state index contributed by atoms with van der Waals surface area (Å²) in [5.41, 5.74) is 1.74. The summed E-state index contributed by atoms with van der Waals surface area (Å²) in [6.45, 7) is 7.32. The molecule has 5 atom stereocenters. The highest BCUT2D eigenvalue weighted by atomic mass is 32.2. The fourth-order valence-corrected chi connectivity index (χ4v) is 7.25. The Morgan fingerprint density at radius 1 is 1.09 bits per heavy atom. The Labute approximate surface area is 258 Å². The second kappa shape index (κ2) is 16.7. The van der Waals surface area contributed by atoms with Crippen LogP contribution in [0.1, 0.15) is 90.3 Å². The number of carbonyl (C=O) groups excluding carboxylic acids is 1. The SMILES string of the molecule is CCC[C@H](O)[C@H](O)[C@H](CC1CCCCC1)NC[C@H](Cc1cnc[nH]1)NC(=O)[C@H](Cc1ccccc1)CS(=O)(=O)C(C)(C)C. The van der Waals surface area contributed by atoms with E-state index in [0.29, 0.717) is 31.7 Å². The number of nitrogens with one attached hydrogen (secondary N) is 3. The normalized spacial score (nSPS) is 18.5. The van der Waals surface area contributed by atoms with Crippen LogP contribution in [0.4, 0.5) is 0 Å². The molecule has 0 radical (unpaired) electrons. The van der Waals surface area contributed by atoms with E-state index < -0.39 is 38.8 Å². The number of aromatic amines is 1. The molecule has 0 aliphatic heterocycles. The van der Waals surface area contributed by atoms with Crippen LogP contribution in [0, 0.1) is 11.8 Å². The maximum absolute atomic E-state index is 13.9. The number of H-pyrrole nitrogens is 1. The van der Waals surface area contributed by atoms with E-state index >= 15 is 0 Å². The van der Waals surface area contributed by atoms with Crippen LogP contribution in [0.15, 0.2) is 42.9 Å². The van der Waals surface area contributed by atoms with Crippen LogP contribution in [-0.2, 0) is 27.5 Å². The fourth-order valence-electron chi connectivity index (χ4n) is 5.95. The summed E-state index contributed by atoms with van der Waals surface area (Å²) < 4.78 is 25.5. The Kier molecular flexibility index (Phi) is 13.7. The molecule has 10 heteroatoms. The van der Waals surface area contributed by atoms with Gasteiger partial charge in [-0.05, 0) is 51.5 Å². The van der Waals surface area contributed by atoms with E-state index in [2.05, 4.69) is 20.6 Å². The minimum absolute atomic E-state index is 0.256. The van der Waals surface area contributed by atoms with Gasteiger partial charge in [-0.2, -0.15) is 0 Å². The zero-order chi connectivity index (χ0) is 31.5. The number of hydrogen-bond acceptors (Lipinski definition) is 7. The molecule has 43 heavy (non-hydrogen) atoms. The molecule has 9 nitrogen and oxygen atoms in total. The third-order valence-electron chi connectivity index (χ3n) is 8.75. The van der Waals surface area contributed by atoms with Crippen LogP contribution in [0.2, 0.25) is 0 Å². The second-order valence-electron chi connectivity index (χ2n) is 13.4. The molecule has 1 aromatic heterocycles. The van der Waals surface area contributed by atoms with Crippen molar-refractivity contribution in [3.8, 4) is 0 Å². The highest BCUT2D eigenvalue weighted by Gasteiger charge is 2.35. The van der Waals surface area contributed by atoms with E-state index in [9.17, 15) is 23.4 Å². The number of carbonyl (C=O) groups is 1. The summed E-state index contributed by atoms with van der Waals surface area (Å²) in [5.74, 6) is -0.870. The molecular weight excluding hydrogens is 564 g/mol. The highest BCUT2D eigenvalue weighted by Crippen LogP contribution is 2.29. The minimum atomic E-state index is -3.57. The molecule has 1 aromatic carbocycles. The van der Waals surface area contributed by atoms with Gasteiger partial charge in [0.15, 0.2) is 9.84 Å². The van der Waals surface area contributed by atoms with Gasteiger partial charge in [-0.25, -0.2) is 13.4 Å². The molecular formula is C33H54N4O5S. The molecule has 3 rings (SSSR count).